The molecule has 328 valence electrons. The molecular weight excluding hydrogens is 787 g/mol. The number of ether oxygens (including phenoxy) is 6. The zero-order valence-corrected chi connectivity index (χ0v) is 35.6. The summed E-state index contributed by atoms with van der Waals surface area (Å²) in [7, 11) is 2.81. The summed E-state index contributed by atoms with van der Waals surface area (Å²) < 4.78 is 32.0. The number of aromatic nitrogens is 3. The van der Waals surface area contributed by atoms with Crippen LogP contribution in [-0.4, -0.2) is 88.5 Å². The van der Waals surface area contributed by atoms with Crippen molar-refractivity contribution in [3.8, 4) is 62.9 Å². The fraction of sp³-hybridized carbons (Fsp3) is 0.457. The van der Waals surface area contributed by atoms with Gasteiger partial charge in [-0.25, -0.2) is 24.5 Å². The van der Waals surface area contributed by atoms with E-state index in [0.717, 1.165) is 64.2 Å². The molecular formula is C46H57N3O12. The van der Waals surface area contributed by atoms with Crippen molar-refractivity contribution in [3.63, 3.8) is 0 Å². The van der Waals surface area contributed by atoms with Crippen molar-refractivity contribution in [1.82, 2.24) is 15.0 Å². The molecule has 0 fully saturated rings. The molecule has 2 unspecified atom stereocenters. The highest BCUT2D eigenvalue weighted by atomic mass is 16.6. The van der Waals surface area contributed by atoms with E-state index in [1.807, 2.05) is 0 Å². The van der Waals surface area contributed by atoms with Crippen LogP contribution in [0.1, 0.15) is 97.8 Å². The number of hydrogen-bond acceptors (Lipinski definition) is 15. The summed E-state index contributed by atoms with van der Waals surface area (Å²) in [5, 5.41) is 22.2. The molecule has 0 aliphatic rings. The number of nitrogens with zero attached hydrogens (tertiary/aromatic N) is 3. The molecule has 2 atom stereocenters. The van der Waals surface area contributed by atoms with Crippen LogP contribution in [0.4, 0.5) is 0 Å². The molecule has 0 spiro atoms. The number of Topliss-reactive ketones (excluding diaryl/α,β-unsaturated/α-hetero) is 1. The third-order valence-electron chi connectivity index (χ3n) is 9.62. The van der Waals surface area contributed by atoms with Gasteiger partial charge >= 0.3 is 17.9 Å². The molecule has 1 heterocycles. The number of carbonyl (C=O) groups excluding carboxylic acids is 4. The van der Waals surface area contributed by atoms with Crippen LogP contribution in [-0.2, 0) is 33.4 Å². The zero-order valence-electron chi connectivity index (χ0n) is 35.6. The fourth-order valence-electron chi connectivity index (χ4n) is 6.15. The highest BCUT2D eigenvalue weighted by molar-refractivity contribution is 5.81. The van der Waals surface area contributed by atoms with E-state index in [-0.39, 0.29) is 82.8 Å². The van der Waals surface area contributed by atoms with Crippen molar-refractivity contribution in [2.45, 2.75) is 110 Å². The number of hydrogen-bond donors (Lipinski definition) is 2. The van der Waals surface area contributed by atoms with Crippen molar-refractivity contribution >= 4 is 23.7 Å². The lowest BCUT2D eigenvalue weighted by atomic mass is 10.1. The van der Waals surface area contributed by atoms with Crippen LogP contribution in [0.25, 0.3) is 34.2 Å². The van der Waals surface area contributed by atoms with Gasteiger partial charge in [0, 0.05) is 24.1 Å². The molecule has 0 aliphatic heterocycles. The molecule has 15 heteroatoms. The molecule has 0 amide bonds. The van der Waals surface area contributed by atoms with Gasteiger partial charge in [0.1, 0.15) is 34.5 Å². The van der Waals surface area contributed by atoms with Gasteiger partial charge in [-0.2, -0.15) is 0 Å². The van der Waals surface area contributed by atoms with Crippen LogP contribution in [0.5, 0.6) is 28.7 Å². The zero-order chi connectivity index (χ0) is 44.1. The van der Waals surface area contributed by atoms with Crippen LogP contribution in [0.15, 0.2) is 60.7 Å². The summed E-state index contributed by atoms with van der Waals surface area (Å²) in [6.07, 6.45) is 8.78. The highest BCUT2D eigenvalue weighted by Crippen LogP contribution is 2.36. The van der Waals surface area contributed by atoms with Crippen molar-refractivity contribution in [3.05, 3.63) is 60.7 Å². The lowest BCUT2D eigenvalue weighted by molar-refractivity contribution is -0.151. The number of rotatable bonds is 26. The molecule has 3 aromatic carbocycles. The van der Waals surface area contributed by atoms with Crippen molar-refractivity contribution < 1.29 is 57.8 Å². The van der Waals surface area contributed by atoms with E-state index in [9.17, 15) is 29.4 Å². The number of aromatic hydroxyl groups is 2. The molecule has 0 saturated carbocycles. The molecule has 0 bridgehead atoms. The van der Waals surface area contributed by atoms with Crippen LogP contribution in [0.3, 0.4) is 0 Å². The number of phenolic OH excluding ortho intramolecular Hbond substituents is 2. The van der Waals surface area contributed by atoms with E-state index in [0.29, 0.717) is 17.9 Å². The Hall–Kier alpha value is -6.25. The van der Waals surface area contributed by atoms with Gasteiger partial charge in [-0.05, 0) is 82.1 Å². The Morgan fingerprint density at radius 2 is 1.00 bits per heavy atom. The standard InChI is InChI=1S/C46H57N3O12/c1-30(50)16-25-41(53)58-26-14-12-10-8-6-7-9-11-13-15-27-59-46(55)32(3)61-36-22-24-38(40(52)29-36)44-48-42(33-17-19-34(56-4)20-18-33)47-43(49-44)37-23-21-35(28-39(37)51)60-31(2)45(54)57-5/h17-24,28-29,31-32,51-52H,6-16,25-27H2,1-5H3. The average Bonchev–Trinajstić information content (AvgIpc) is 3.25. The Bertz CT molecular complexity index is 2060. The summed E-state index contributed by atoms with van der Waals surface area (Å²) in [6, 6.07) is 16.0. The van der Waals surface area contributed by atoms with Gasteiger partial charge in [0.25, 0.3) is 0 Å². The van der Waals surface area contributed by atoms with Crippen molar-refractivity contribution in [2.24, 2.45) is 0 Å². The van der Waals surface area contributed by atoms with Gasteiger partial charge in [0.15, 0.2) is 29.7 Å². The largest absolute Gasteiger partial charge is 0.507 e. The third kappa shape index (κ3) is 15.7. The lowest BCUT2D eigenvalue weighted by Gasteiger charge is -2.15. The second-order valence-corrected chi connectivity index (χ2v) is 14.6. The Labute approximate surface area is 356 Å². The summed E-state index contributed by atoms with van der Waals surface area (Å²) >= 11 is 0. The van der Waals surface area contributed by atoms with Gasteiger partial charge in [-0.1, -0.05) is 51.4 Å². The molecule has 2 N–H and O–H groups in total. The quantitative estimate of drug-likeness (QED) is 0.0346. The summed E-state index contributed by atoms with van der Waals surface area (Å²) in [4.78, 5) is 60.9. The molecule has 4 rings (SSSR count). The first-order valence-electron chi connectivity index (χ1n) is 20.7. The van der Waals surface area contributed by atoms with E-state index < -0.39 is 24.1 Å². The number of phenols is 2. The number of benzene rings is 3. The maximum atomic E-state index is 12.7. The number of carbonyl (C=O) groups is 4. The Balaban J connectivity index is 1.27. The van der Waals surface area contributed by atoms with Crippen molar-refractivity contribution in [2.75, 3.05) is 27.4 Å². The smallest absolute Gasteiger partial charge is 0.347 e. The maximum Gasteiger partial charge on any atom is 0.347 e. The molecule has 15 nitrogen and oxygen atoms in total. The highest BCUT2D eigenvalue weighted by Gasteiger charge is 2.21. The number of esters is 3. The predicted molar refractivity (Wildman–Crippen MR) is 226 cm³/mol. The van der Waals surface area contributed by atoms with E-state index in [2.05, 4.69) is 15.0 Å². The summed E-state index contributed by atoms with van der Waals surface area (Å²) in [6.45, 7) is 5.26. The van der Waals surface area contributed by atoms with E-state index in [1.54, 1.807) is 62.6 Å². The number of methoxy groups -OCH3 is 2. The minimum atomic E-state index is -0.931. The SMILES string of the molecule is COC(=O)C(C)Oc1ccc(-c2nc(-c3ccc(OC)cc3)nc(-c3ccc(OC(C)C(=O)OCCCCCCCCCCCCOC(=O)CCC(C)=O)cc3O)n2)c(O)c1. The van der Waals surface area contributed by atoms with E-state index >= 15 is 0 Å². The first kappa shape index (κ1) is 47.4. The minimum absolute atomic E-state index is 0.00929. The monoisotopic (exact) mass is 843 g/mol. The fourth-order valence-corrected chi connectivity index (χ4v) is 6.15. The summed E-state index contributed by atoms with van der Waals surface area (Å²) in [5.41, 5.74) is 1.10. The average molecular weight is 844 g/mol. The van der Waals surface area contributed by atoms with Gasteiger partial charge < -0.3 is 43.4 Å². The molecule has 0 aliphatic carbocycles. The normalized spacial score (nSPS) is 11.9. The Morgan fingerprint density at radius 3 is 1.46 bits per heavy atom. The second kappa shape index (κ2) is 24.7. The van der Waals surface area contributed by atoms with Gasteiger partial charge in [-0.3, -0.25) is 4.79 Å². The number of unbranched alkanes of at least 4 members (excludes halogenated alkanes) is 9. The van der Waals surface area contributed by atoms with Gasteiger partial charge in [-0.15, -0.1) is 0 Å². The summed E-state index contributed by atoms with van der Waals surface area (Å²) in [5.74, 6) is -0.319. The third-order valence-corrected chi connectivity index (χ3v) is 9.62. The maximum absolute atomic E-state index is 12.7. The molecule has 0 saturated heterocycles. The first-order valence-corrected chi connectivity index (χ1v) is 20.7. The topological polar surface area (TPSA) is 203 Å². The minimum Gasteiger partial charge on any atom is -0.507 e. The predicted octanol–water partition coefficient (Wildman–Crippen LogP) is 8.36. The molecule has 0 radical (unpaired) electrons. The van der Waals surface area contributed by atoms with Crippen molar-refractivity contribution in [1.29, 1.82) is 0 Å². The van der Waals surface area contributed by atoms with E-state index in [1.165, 1.54) is 33.1 Å². The first-order chi connectivity index (χ1) is 29.4. The van der Waals surface area contributed by atoms with Crippen LogP contribution >= 0.6 is 0 Å². The molecule has 1 aromatic heterocycles. The second-order valence-electron chi connectivity index (χ2n) is 14.6. The molecule has 4 aromatic rings. The van der Waals surface area contributed by atoms with Crippen LogP contribution < -0.4 is 14.2 Å². The van der Waals surface area contributed by atoms with Crippen LogP contribution in [0.2, 0.25) is 0 Å². The van der Waals surface area contributed by atoms with Crippen LogP contribution in [0, 0.1) is 0 Å². The molecule has 61 heavy (non-hydrogen) atoms. The van der Waals surface area contributed by atoms with Gasteiger partial charge in [0.2, 0.25) is 0 Å². The Kier molecular flexibility index (Phi) is 19.2. The van der Waals surface area contributed by atoms with Gasteiger partial charge in [0.05, 0.1) is 45.0 Å². The Morgan fingerprint density at radius 1 is 0.557 bits per heavy atom. The van der Waals surface area contributed by atoms with E-state index in [4.69, 9.17) is 28.4 Å². The lowest BCUT2D eigenvalue weighted by Crippen LogP contribution is -2.26. The number of ketones is 1.